The molecule has 0 spiro atoms. The highest BCUT2D eigenvalue weighted by Crippen LogP contribution is 1.99. The van der Waals surface area contributed by atoms with Gasteiger partial charge >= 0.3 is 5.97 Å². The highest BCUT2D eigenvalue weighted by Gasteiger charge is 2.11. The number of quaternary nitrogens is 1. The molecule has 0 aliphatic heterocycles. The molecule has 0 saturated carbocycles. The van der Waals surface area contributed by atoms with Crippen LogP contribution in [0.25, 0.3) is 0 Å². The number of hydrogen-bond donors (Lipinski definition) is 1. The quantitative estimate of drug-likeness (QED) is 0.576. The van der Waals surface area contributed by atoms with Crippen molar-refractivity contribution < 1.29 is 27.7 Å². The molecule has 3 nitrogen and oxygen atoms in total. The van der Waals surface area contributed by atoms with Crippen molar-refractivity contribution in [1.29, 1.82) is 0 Å². The second kappa shape index (κ2) is 7.26. The monoisotopic (exact) mass is 229 g/mol. The Balaban J connectivity index is 0.00000196. The second-order valence-corrected chi connectivity index (χ2v) is 3.30. The first-order valence-corrected chi connectivity index (χ1v) is 4.74. The van der Waals surface area contributed by atoms with E-state index in [-0.39, 0.29) is 24.4 Å². The van der Waals surface area contributed by atoms with Gasteiger partial charge in [-0.15, -0.1) is 0 Å². The topological polar surface area (TPSA) is 53.9 Å². The van der Waals surface area contributed by atoms with Crippen LogP contribution in [0.15, 0.2) is 30.3 Å². The molecular weight excluding hydrogens is 214 g/mol. The smallest absolute Gasteiger partial charge is 0.364 e. The van der Waals surface area contributed by atoms with Crippen LogP contribution in [0.3, 0.4) is 0 Å². The van der Waals surface area contributed by atoms with E-state index < -0.39 is 0 Å². The third-order valence-corrected chi connectivity index (χ3v) is 1.88. The molecular formula is C11H16ClNO2. The summed E-state index contributed by atoms with van der Waals surface area (Å²) in [5, 5.41) is 0. The van der Waals surface area contributed by atoms with Gasteiger partial charge < -0.3 is 22.9 Å². The summed E-state index contributed by atoms with van der Waals surface area (Å²) in [5.74, 6) is -0.235. The van der Waals surface area contributed by atoms with E-state index in [0.717, 1.165) is 6.42 Å². The van der Waals surface area contributed by atoms with Gasteiger partial charge in [0.1, 0.15) is 0 Å². The van der Waals surface area contributed by atoms with E-state index >= 15 is 0 Å². The maximum atomic E-state index is 11.0. The minimum atomic E-state index is -0.286. The Morgan fingerprint density at radius 2 is 2.00 bits per heavy atom. The van der Waals surface area contributed by atoms with Gasteiger partial charge in [-0.25, -0.2) is 4.79 Å². The van der Waals surface area contributed by atoms with Crippen LogP contribution in [0.2, 0.25) is 0 Å². The lowest BCUT2D eigenvalue weighted by atomic mass is 10.2. The molecule has 1 aromatic carbocycles. The van der Waals surface area contributed by atoms with E-state index in [9.17, 15) is 4.79 Å². The predicted octanol–water partition coefficient (Wildman–Crippen LogP) is -2.59. The number of rotatable bonds is 4. The van der Waals surface area contributed by atoms with E-state index in [1.165, 1.54) is 5.56 Å². The van der Waals surface area contributed by atoms with Crippen molar-refractivity contribution in [3.8, 4) is 0 Å². The average Bonchev–Trinajstić information content (AvgIpc) is 2.19. The van der Waals surface area contributed by atoms with Gasteiger partial charge in [0, 0.05) is 6.42 Å². The van der Waals surface area contributed by atoms with Crippen molar-refractivity contribution in [2.45, 2.75) is 19.4 Å². The highest BCUT2D eigenvalue weighted by molar-refractivity contribution is 5.73. The first-order chi connectivity index (χ1) is 6.70. The van der Waals surface area contributed by atoms with Gasteiger partial charge in [-0.3, -0.25) is 0 Å². The fourth-order valence-corrected chi connectivity index (χ4v) is 1.06. The Hall–Kier alpha value is -1.06. The summed E-state index contributed by atoms with van der Waals surface area (Å²) in [6.45, 7) is 2.16. The molecule has 1 rings (SSSR count). The third-order valence-electron chi connectivity index (χ3n) is 1.88. The van der Waals surface area contributed by atoms with Gasteiger partial charge in [-0.1, -0.05) is 30.3 Å². The molecule has 84 valence electrons. The van der Waals surface area contributed by atoms with Crippen molar-refractivity contribution in [2.24, 2.45) is 0 Å². The molecule has 1 aromatic rings. The number of hydrogen-bond acceptors (Lipinski definition) is 2. The first kappa shape index (κ1) is 13.9. The minimum Gasteiger partial charge on any atom is -1.00 e. The van der Waals surface area contributed by atoms with E-state index in [0.29, 0.717) is 6.61 Å². The Bertz CT molecular complexity index is 288. The molecule has 0 aliphatic rings. The average molecular weight is 230 g/mol. The van der Waals surface area contributed by atoms with Crippen LogP contribution < -0.4 is 18.1 Å². The zero-order chi connectivity index (χ0) is 10.4. The van der Waals surface area contributed by atoms with Crippen molar-refractivity contribution in [1.82, 2.24) is 0 Å². The minimum absolute atomic E-state index is 0. The van der Waals surface area contributed by atoms with Gasteiger partial charge in [-0.2, -0.15) is 0 Å². The predicted molar refractivity (Wildman–Crippen MR) is 53.5 cm³/mol. The summed E-state index contributed by atoms with van der Waals surface area (Å²) in [7, 11) is 0. The van der Waals surface area contributed by atoms with Crippen LogP contribution in [0.4, 0.5) is 0 Å². The maximum absolute atomic E-state index is 11.0. The normalized spacial score (nSPS) is 11.3. The number of benzene rings is 1. The summed E-state index contributed by atoms with van der Waals surface area (Å²) >= 11 is 0. The van der Waals surface area contributed by atoms with Crippen molar-refractivity contribution in [3.05, 3.63) is 35.9 Å². The Labute approximate surface area is 96.0 Å². The molecule has 0 radical (unpaired) electrons. The van der Waals surface area contributed by atoms with Crippen LogP contribution >= 0.6 is 0 Å². The summed E-state index contributed by atoms with van der Waals surface area (Å²) in [4.78, 5) is 11.0. The van der Waals surface area contributed by atoms with Gasteiger partial charge in [0.15, 0.2) is 6.04 Å². The molecule has 0 heterocycles. The van der Waals surface area contributed by atoms with Crippen LogP contribution in [-0.2, 0) is 16.0 Å². The molecule has 0 unspecified atom stereocenters. The van der Waals surface area contributed by atoms with Gasteiger partial charge in [0.25, 0.3) is 0 Å². The van der Waals surface area contributed by atoms with Crippen LogP contribution in [-0.4, -0.2) is 18.6 Å². The molecule has 15 heavy (non-hydrogen) atoms. The zero-order valence-electron chi connectivity index (χ0n) is 8.78. The van der Waals surface area contributed by atoms with E-state index in [1.807, 2.05) is 30.3 Å². The lowest BCUT2D eigenvalue weighted by Crippen LogP contribution is -3.00. The molecule has 0 fully saturated rings. The Morgan fingerprint density at radius 3 is 2.53 bits per heavy atom. The number of carbonyl (C=O) groups is 1. The zero-order valence-corrected chi connectivity index (χ0v) is 9.54. The standard InChI is InChI=1S/C11H15NO2.ClH/c1-9(12)11(13)14-8-7-10-5-3-2-4-6-10;/h2-6,9H,7-8,12H2,1H3;1H/t9-;/m0./s1. The molecule has 0 aromatic heterocycles. The molecule has 0 saturated heterocycles. The summed E-state index contributed by atoms with van der Waals surface area (Å²) in [6.07, 6.45) is 0.763. The number of ether oxygens (including phenoxy) is 1. The molecule has 1 atom stereocenters. The Morgan fingerprint density at radius 1 is 1.40 bits per heavy atom. The first-order valence-electron chi connectivity index (χ1n) is 4.74. The number of esters is 1. The molecule has 0 aliphatic carbocycles. The van der Waals surface area contributed by atoms with Crippen molar-refractivity contribution in [2.75, 3.05) is 6.61 Å². The molecule has 0 amide bonds. The fourth-order valence-electron chi connectivity index (χ4n) is 1.06. The van der Waals surface area contributed by atoms with Gasteiger partial charge in [0.05, 0.1) is 6.61 Å². The van der Waals surface area contributed by atoms with Gasteiger partial charge in [0.2, 0.25) is 0 Å². The van der Waals surface area contributed by atoms with E-state index in [1.54, 1.807) is 6.92 Å². The van der Waals surface area contributed by atoms with Crippen molar-refractivity contribution >= 4 is 5.97 Å². The van der Waals surface area contributed by atoms with E-state index in [2.05, 4.69) is 5.73 Å². The number of halogens is 1. The number of carbonyl (C=O) groups excluding carboxylic acids is 1. The van der Waals surface area contributed by atoms with E-state index in [4.69, 9.17) is 4.74 Å². The third kappa shape index (κ3) is 5.40. The Kier molecular flexibility index (Phi) is 6.75. The molecule has 4 heteroatoms. The lowest BCUT2D eigenvalue weighted by molar-refractivity contribution is -0.402. The molecule has 0 bridgehead atoms. The summed E-state index contributed by atoms with van der Waals surface area (Å²) < 4.78 is 5.01. The second-order valence-electron chi connectivity index (χ2n) is 3.30. The largest absolute Gasteiger partial charge is 1.00 e. The fraction of sp³-hybridized carbons (Fsp3) is 0.364. The lowest BCUT2D eigenvalue weighted by Gasteiger charge is -2.04. The summed E-state index contributed by atoms with van der Waals surface area (Å²) in [6, 6.07) is 9.66. The summed E-state index contributed by atoms with van der Waals surface area (Å²) in [5.41, 5.74) is 4.77. The SMILES string of the molecule is C[C@H]([NH3+])C(=O)OCCc1ccccc1.[Cl-]. The van der Waals surface area contributed by atoms with Crippen LogP contribution in [0.5, 0.6) is 0 Å². The highest BCUT2D eigenvalue weighted by atomic mass is 35.5. The van der Waals surface area contributed by atoms with Crippen LogP contribution in [0, 0.1) is 0 Å². The van der Waals surface area contributed by atoms with Crippen molar-refractivity contribution in [3.63, 3.8) is 0 Å². The van der Waals surface area contributed by atoms with Crippen LogP contribution in [0.1, 0.15) is 12.5 Å². The van der Waals surface area contributed by atoms with Gasteiger partial charge in [-0.05, 0) is 12.5 Å². The maximum Gasteiger partial charge on any atom is 0.364 e. The molecule has 3 N–H and O–H groups in total.